The van der Waals surface area contributed by atoms with Gasteiger partial charge < -0.3 is 5.32 Å². The second-order valence-electron chi connectivity index (χ2n) is 6.14. The number of hydrogen-bond acceptors (Lipinski definition) is 2. The Morgan fingerprint density at radius 1 is 1.00 bits per heavy atom. The van der Waals surface area contributed by atoms with E-state index in [1.165, 1.54) is 25.7 Å². The summed E-state index contributed by atoms with van der Waals surface area (Å²) in [5.41, 5.74) is 0.907. The van der Waals surface area contributed by atoms with E-state index in [9.17, 15) is 4.79 Å². The molecule has 0 aromatic heterocycles. The minimum atomic E-state index is -0.0722. The van der Waals surface area contributed by atoms with Gasteiger partial charge in [0.2, 0.25) is 5.91 Å². The van der Waals surface area contributed by atoms with Crippen LogP contribution in [-0.2, 0) is 4.79 Å². The summed E-state index contributed by atoms with van der Waals surface area (Å²) in [6.45, 7) is 4.08. The first kappa shape index (κ1) is 15.0. The first-order chi connectivity index (χ1) is 10.8. The van der Waals surface area contributed by atoms with Crippen LogP contribution in [0.2, 0.25) is 0 Å². The summed E-state index contributed by atoms with van der Waals surface area (Å²) >= 11 is 0. The number of nitrogens with zero attached hydrogens (tertiary/aromatic N) is 1. The number of carbonyl (C=O) groups is 1. The third-order valence-electron chi connectivity index (χ3n) is 4.62. The third-order valence-corrected chi connectivity index (χ3v) is 4.62. The molecule has 3 heteroatoms. The predicted octanol–water partition coefficient (Wildman–Crippen LogP) is 4.04. The van der Waals surface area contributed by atoms with Gasteiger partial charge in [-0.3, -0.25) is 9.69 Å². The molecule has 0 saturated carbocycles. The first-order valence-electron chi connectivity index (χ1n) is 8.28. The van der Waals surface area contributed by atoms with Gasteiger partial charge in [-0.05, 0) is 44.3 Å². The summed E-state index contributed by atoms with van der Waals surface area (Å²) < 4.78 is 0. The van der Waals surface area contributed by atoms with E-state index in [1.54, 1.807) is 0 Å². The Bertz CT molecular complexity index is 639. The highest BCUT2D eigenvalue weighted by molar-refractivity contribution is 6.03. The third kappa shape index (κ3) is 3.30. The molecule has 1 aliphatic rings. The Morgan fingerprint density at radius 3 is 2.45 bits per heavy atom. The maximum atomic E-state index is 12.6. The van der Waals surface area contributed by atoms with Gasteiger partial charge in [0, 0.05) is 11.1 Å². The highest BCUT2D eigenvalue weighted by Gasteiger charge is 2.22. The Labute approximate surface area is 132 Å². The van der Waals surface area contributed by atoms with Crippen LogP contribution in [0, 0.1) is 0 Å². The van der Waals surface area contributed by atoms with Crippen molar-refractivity contribution >= 4 is 22.4 Å². The first-order valence-corrected chi connectivity index (χ1v) is 8.28. The number of carbonyl (C=O) groups excluding carboxylic acids is 1. The molecule has 1 saturated heterocycles. The van der Waals surface area contributed by atoms with E-state index < -0.39 is 0 Å². The largest absolute Gasteiger partial charge is 0.324 e. The van der Waals surface area contributed by atoms with Crippen molar-refractivity contribution in [1.82, 2.24) is 4.90 Å². The molecule has 1 fully saturated rings. The number of likely N-dealkylation sites (tertiary alicyclic amines) is 1. The molecule has 1 amide bonds. The van der Waals surface area contributed by atoms with Crippen LogP contribution < -0.4 is 5.32 Å². The lowest BCUT2D eigenvalue weighted by atomic mass is 10.1. The van der Waals surface area contributed by atoms with E-state index in [4.69, 9.17) is 0 Å². The van der Waals surface area contributed by atoms with E-state index in [-0.39, 0.29) is 11.9 Å². The molecular weight excluding hydrogens is 272 g/mol. The lowest BCUT2D eigenvalue weighted by Gasteiger charge is -2.26. The molecule has 2 aromatic carbocycles. The summed E-state index contributed by atoms with van der Waals surface area (Å²) in [6.07, 6.45) is 4.97. The molecule has 116 valence electrons. The monoisotopic (exact) mass is 296 g/mol. The molecule has 1 atom stereocenters. The molecule has 0 unspecified atom stereocenters. The van der Waals surface area contributed by atoms with Gasteiger partial charge >= 0.3 is 0 Å². The molecule has 0 bridgehead atoms. The van der Waals surface area contributed by atoms with Crippen LogP contribution >= 0.6 is 0 Å². The SMILES string of the molecule is C[C@H](C(=O)Nc1cccc2ccccc12)N1CCCCCC1. The second-order valence-corrected chi connectivity index (χ2v) is 6.14. The summed E-state index contributed by atoms with van der Waals surface area (Å²) in [6, 6.07) is 14.1. The van der Waals surface area contributed by atoms with Crippen molar-refractivity contribution in [1.29, 1.82) is 0 Å². The number of nitrogens with one attached hydrogen (secondary N) is 1. The lowest BCUT2D eigenvalue weighted by molar-refractivity contribution is -0.120. The fourth-order valence-corrected chi connectivity index (χ4v) is 3.22. The molecule has 3 rings (SSSR count). The van der Waals surface area contributed by atoms with Gasteiger partial charge in [-0.25, -0.2) is 0 Å². The van der Waals surface area contributed by atoms with E-state index in [1.807, 2.05) is 31.2 Å². The quantitative estimate of drug-likeness (QED) is 0.927. The molecule has 3 nitrogen and oxygen atoms in total. The van der Waals surface area contributed by atoms with Crippen LogP contribution in [0.1, 0.15) is 32.6 Å². The van der Waals surface area contributed by atoms with Crippen molar-refractivity contribution in [3.05, 3.63) is 42.5 Å². The van der Waals surface area contributed by atoms with E-state index in [2.05, 4.69) is 28.4 Å². The Balaban J connectivity index is 1.75. The van der Waals surface area contributed by atoms with Crippen molar-refractivity contribution in [3.63, 3.8) is 0 Å². The molecule has 0 spiro atoms. The molecule has 0 radical (unpaired) electrons. The molecule has 0 aliphatic carbocycles. The molecule has 22 heavy (non-hydrogen) atoms. The van der Waals surface area contributed by atoms with Crippen LogP contribution in [0.3, 0.4) is 0 Å². The van der Waals surface area contributed by atoms with Gasteiger partial charge in [-0.15, -0.1) is 0 Å². The highest BCUT2D eigenvalue weighted by atomic mass is 16.2. The molecule has 2 aromatic rings. The number of benzene rings is 2. The summed E-state index contributed by atoms with van der Waals surface area (Å²) in [4.78, 5) is 14.9. The zero-order valence-corrected chi connectivity index (χ0v) is 13.2. The van der Waals surface area contributed by atoms with E-state index in [0.29, 0.717) is 0 Å². The Hall–Kier alpha value is -1.87. The maximum Gasteiger partial charge on any atom is 0.241 e. The Morgan fingerprint density at radius 2 is 1.68 bits per heavy atom. The fraction of sp³-hybridized carbons (Fsp3) is 0.421. The van der Waals surface area contributed by atoms with Crippen LogP contribution in [0.15, 0.2) is 42.5 Å². The zero-order valence-electron chi connectivity index (χ0n) is 13.2. The topological polar surface area (TPSA) is 32.3 Å². The molecule has 1 aliphatic heterocycles. The van der Waals surface area contributed by atoms with Crippen molar-refractivity contribution in [2.45, 2.75) is 38.6 Å². The smallest absolute Gasteiger partial charge is 0.241 e. The summed E-state index contributed by atoms with van der Waals surface area (Å²) in [5, 5.41) is 5.38. The van der Waals surface area contributed by atoms with Gasteiger partial charge in [0.15, 0.2) is 0 Å². The predicted molar refractivity (Wildman–Crippen MR) is 92.1 cm³/mol. The van der Waals surface area contributed by atoms with Gasteiger partial charge in [-0.1, -0.05) is 49.2 Å². The minimum Gasteiger partial charge on any atom is -0.324 e. The van der Waals surface area contributed by atoms with Crippen LogP contribution in [-0.4, -0.2) is 29.9 Å². The molecular formula is C19H24N2O. The van der Waals surface area contributed by atoms with Gasteiger partial charge in [0.05, 0.1) is 6.04 Å². The lowest BCUT2D eigenvalue weighted by Crippen LogP contribution is -2.42. The summed E-state index contributed by atoms with van der Waals surface area (Å²) in [5.74, 6) is 0.0956. The summed E-state index contributed by atoms with van der Waals surface area (Å²) in [7, 11) is 0. The second kappa shape index (κ2) is 6.93. The van der Waals surface area contributed by atoms with Crippen LogP contribution in [0.4, 0.5) is 5.69 Å². The van der Waals surface area contributed by atoms with Gasteiger partial charge in [0.1, 0.15) is 0 Å². The van der Waals surface area contributed by atoms with E-state index in [0.717, 1.165) is 29.5 Å². The number of fused-ring (bicyclic) bond motifs is 1. The van der Waals surface area contributed by atoms with Crippen molar-refractivity contribution in [3.8, 4) is 0 Å². The fourth-order valence-electron chi connectivity index (χ4n) is 3.22. The van der Waals surface area contributed by atoms with Crippen LogP contribution in [0.25, 0.3) is 10.8 Å². The van der Waals surface area contributed by atoms with E-state index >= 15 is 0 Å². The van der Waals surface area contributed by atoms with Gasteiger partial charge in [-0.2, -0.15) is 0 Å². The highest BCUT2D eigenvalue weighted by Crippen LogP contribution is 2.23. The molecule has 1 N–H and O–H groups in total. The van der Waals surface area contributed by atoms with Crippen molar-refractivity contribution < 1.29 is 4.79 Å². The number of anilines is 1. The average molecular weight is 296 g/mol. The maximum absolute atomic E-state index is 12.6. The van der Waals surface area contributed by atoms with Crippen molar-refractivity contribution in [2.24, 2.45) is 0 Å². The standard InChI is InChI=1S/C19H24N2O/c1-15(21-13-6-2-3-7-14-21)19(22)20-18-12-8-10-16-9-4-5-11-17(16)18/h4-5,8-12,15H,2-3,6-7,13-14H2,1H3,(H,20,22)/t15-/m1/s1. The van der Waals surface area contributed by atoms with Crippen LogP contribution in [0.5, 0.6) is 0 Å². The number of amides is 1. The average Bonchev–Trinajstić information content (AvgIpc) is 2.83. The zero-order chi connectivity index (χ0) is 15.4. The number of rotatable bonds is 3. The van der Waals surface area contributed by atoms with Crippen molar-refractivity contribution in [2.75, 3.05) is 18.4 Å². The number of hydrogen-bond donors (Lipinski definition) is 1. The minimum absolute atomic E-state index is 0.0722. The van der Waals surface area contributed by atoms with Gasteiger partial charge in [0.25, 0.3) is 0 Å². The Kier molecular flexibility index (Phi) is 4.74. The molecule has 1 heterocycles. The normalized spacial score (nSPS) is 17.9.